The third-order valence-electron chi connectivity index (χ3n) is 3.16. The largest absolute Gasteiger partial charge is 0.508 e. The van der Waals surface area contributed by atoms with Crippen LogP contribution in [0.15, 0.2) is 39.5 Å². The lowest BCUT2D eigenvalue weighted by molar-refractivity contribution is 0.473. The lowest BCUT2D eigenvalue weighted by Crippen LogP contribution is -2.00. The number of benzene rings is 2. The summed E-state index contributed by atoms with van der Waals surface area (Å²) in [6, 6.07) is 8.03. The van der Waals surface area contributed by atoms with Crippen LogP contribution in [0.5, 0.6) is 5.75 Å². The number of hydrogen-bond donors (Lipinski definition) is 1. The molecule has 0 aliphatic rings. The summed E-state index contributed by atoms with van der Waals surface area (Å²) in [5, 5.41) is 11.6. The Labute approximate surface area is 125 Å². The van der Waals surface area contributed by atoms with E-state index in [9.17, 15) is 9.90 Å². The number of aromatic hydroxyl groups is 1. The van der Waals surface area contributed by atoms with E-state index in [1.165, 1.54) is 12.1 Å². The number of halogens is 1. The van der Waals surface area contributed by atoms with Gasteiger partial charge in [0.15, 0.2) is 0 Å². The quantitative estimate of drug-likeness (QED) is 0.387. The van der Waals surface area contributed by atoms with E-state index in [2.05, 4.69) is 11.8 Å². The first-order valence-corrected chi connectivity index (χ1v) is 6.86. The average Bonchev–Trinajstić information content (AvgIpc) is 2.45. The molecule has 0 amide bonds. The molecular formula is C17H11ClO3. The Morgan fingerprint density at radius 1 is 1.24 bits per heavy atom. The van der Waals surface area contributed by atoms with E-state index < -0.39 is 5.63 Å². The fourth-order valence-electron chi connectivity index (χ4n) is 2.26. The first kappa shape index (κ1) is 13.5. The minimum atomic E-state index is -0.495. The zero-order valence-electron chi connectivity index (χ0n) is 11.2. The zero-order chi connectivity index (χ0) is 15.0. The number of fused-ring (bicyclic) bond motifs is 3. The minimum absolute atomic E-state index is 0.0338. The molecule has 1 N–H and O–H groups in total. The second-order valence-corrected chi connectivity index (χ2v) is 5.01. The van der Waals surface area contributed by atoms with Gasteiger partial charge in [0.1, 0.15) is 11.3 Å². The van der Waals surface area contributed by atoms with Crippen LogP contribution in [0.4, 0.5) is 0 Å². The van der Waals surface area contributed by atoms with Crippen molar-refractivity contribution in [3.8, 4) is 17.6 Å². The van der Waals surface area contributed by atoms with Crippen LogP contribution in [0, 0.1) is 11.8 Å². The first-order valence-electron chi connectivity index (χ1n) is 6.48. The van der Waals surface area contributed by atoms with Crippen LogP contribution in [0.25, 0.3) is 21.7 Å². The molecule has 2 aromatic carbocycles. The topological polar surface area (TPSA) is 50.4 Å². The van der Waals surface area contributed by atoms with Crippen LogP contribution < -0.4 is 5.63 Å². The Bertz CT molecular complexity index is 974. The fourth-order valence-corrected chi connectivity index (χ4v) is 2.58. The minimum Gasteiger partial charge on any atom is -0.508 e. The van der Waals surface area contributed by atoms with Crippen molar-refractivity contribution in [2.45, 2.75) is 13.3 Å². The third kappa shape index (κ3) is 2.35. The van der Waals surface area contributed by atoms with Gasteiger partial charge in [-0.25, -0.2) is 4.79 Å². The molecule has 0 aliphatic carbocycles. The van der Waals surface area contributed by atoms with E-state index >= 15 is 0 Å². The second-order valence-electron chi connectivity index (χ2n) is 4.61. The molecule has 3 aromatic rings. The highest BCUT2D eigenvalue weighted by molar-refractivity contribution is 6.37. The summed E-state index contributed by atoms with van der Waals surface area (Å²) in [7, 11) is 0. The fraction of sp³-hybridized carbons (Fsp3) is 0.118. The summed E-state index contributed by atoms with van der Waals surface area (Å²) in [6.45, 7) is 1.95. The first-order chi connectivity index (χ1) is 10.1. The van der Waals surface area contributed by atoms with Gasteiger partial charge in [0.25, 0.3) is 0 Å². The maximum Gasteiger partial charge on any atom is 0.344 e. The summed E-state index contributed by atoms with van der Waals surface area (Å²) in [5.41, 5.74) is 0.492. The van der Waals surface area contributed by atoms with Gasteiger partial charge >= 0.3 is 5.63 Å². The Morgan fingerprint density at radius 2 is 2.05 bits per heavy atom. The van der Waals surface area contributed by atoms with Crippen LogP contribution in [-0.4, -0.2) is 5.11 Å². The zero-order valence-corrected chi connectivity index (χ0v) is 12.0. The predicted molar refractivity (Wildman–Crippen MR) is 83.8 cm³/mol. The van der Waals surface area contributed by atoms with E-state index in [0.717, 1.165) is 6.42 Å². The lowest BCUT2D eigenvalue weighted by Gasteiger charge is -2.05. The normalized spacial score (nSPS) is 10.6. The van der Waals surface area contributed by atoms with Crippen molar-refractivity contribution in [3.63, 3.8) is 0 Å². The molecule has 21 heavy (non-hydrogen) atoms. The molecule has 0 atom stereocenters. The molecule has 0 aliphatic heterocycles. The summed E-state index contributed by atoms with van der Waals surface area (Å²) < 4.78 is 5.25. The van der Waals surface area contributed by atoms with Gasteiger partial charge in [0, 0.05) is 28.8 Å². The average molecular weight is 299 g/mol. The Balaban J connectivity index is 2.45. The van der Waals surface area contributed by atoms with E-state index in [0.29, 0.717) is 32.3 Å². The van der Waals surface area contributed by atoms with Crippen molar-refractivity contribution in [1.82, 2.24) is 0 Å². The van der Waals surface area contributed by atoms with Gasteiger partial charge in [-0.05, 0) is 24.3 Å². The summed E-state index contributed by atoms with van der Waals surface area (Å²) in [6.07, 6.45) is 0.723. The highest BCUT2D eigenvalue weighted by Gasteiger charge is 2.12. The van der Waals surface area contributed by atoms with Crippen molar-refractivity contribution in [2.75, 3.05) is 0 Å². The van der Waals surface area contributed by atoms with Crippen molar-refractivity contribution in [1.29, 1.82) is 0 Å². The van der Waals surface area contributed by atoms with E-state index in [1.54, 1.807) is 18.2 Å². The van der Waals surface area contributed by atoms with Gasteiger partial charge < -0.3 is 9.52 Å². The monoisotopic (exact) mass is 298 g/mol. The molecule has 0 bridgehead atoms. The van der Waals surface area contributed by atoms with Crippen LogP contribution in [-0.2, 0) is 0 Å². The van der Waals surface area contributed by atoms with E-state index in [-0.39, 0.29) is 5.75 Å². The van der Waals surface area contributed by atoms with E-state index in [4.69, 9.17) is 16.0 Å². The van der Waals surface area contributed by atoms with Crippen LogP contribution in [0.1, 0.15) is 18.9 Å². The second kappa shape index (κ2) is 5.16. The molecule has 0 radical (unpaired) electrons. The summed E-state index contributed by atoms with van der Waals surface area (Å²) in [4.78, 5) is 12.1. The maximum atomic E-state index is 12.1. The molecule has 0 saturated heterocycles. The molecule has 0 spiro atoms. The van der Waals surface area contributed by atoms with Gasteiger partial charge in [0.2, 0.25) is 0 Å². The smallest absolute Gasteiger partial charge is 0.344 e. The van der Waals surface area contributed by atoms with Gasteiger partial charge in [0.05, 0.1) is 10.4 Å². The van der Waals surface area contributed by atoms with Gasteiger partial charge in [-0.15, -0.1) is 0 Å². The van der Waals surface area contributed by atoms with Crippen LogP contribution >= 0.6 is 11.6 Å². The Morgan fingerprint density at radius 3 is 2.81 bits per heavy atom. The molecule has 4 heteroatoms. The maximum absolute atomic E-state index is 12.1. The molecule has 0 unspecified atom stereocenters. The lowest BCUT2D eigenvalue weighted by atomic mass is 10.0. The van der Waals surface area contributed by atoms with Crippen molar-refractivity contribution in [2.24, 2.45) is 0 Å². The highest BCUT2D eigenvalue weighted by Crippen LogP contribution is 2.31. The van der Waals surface area contributed by atoms with Gasteiger partial charge in [-0.3, -0.25) is 0 Å². The molecular weight excluding hydrogens is 288 g/mol. The van der Waals surface area contributed by atoms with Gasteiger partial charge in [-0.2, -0.15) is 0 Å². The van der Waals surface area contributed by atoms with Crippen LogP contribution in [0.3, 0.4) is 0 Å². The summed E-state index contributed by atoms with van der Waals surface area (Å²) in [5.74, 6) is 5.94. The Hall–Kier alpha value is -2.44. The highest BCUT2D eigenvalue weighted by atomic mass is 35.5. The third-order valence-corrected chi connectivity index (χ3v) is 3.45. The Kier molecular flexibility index (Phi) is 3.32. The van der Waals surface area contributed by atoms with Crippen LogP contribution in [0.2, 0.25) is 5.02 Å². The van der Waals surface area contributed by atoms with Gasteiger partial charge in [-0.1, -0.05) is 30.4 Å². The molecule has 1 heterocycles. The number of hydrogen-bond acceptors (Lipinski definition) is 3. The molecule has 104 valence electrons. The predicted octanol–water partition coefficient (Wildman–Crippen LogP) is 4.07. The SMILES string of the molecule is CCC#Cc1cc(Cl)c2c(c1)c(=O)oc1cc(O)ccc12. The number of phenols is 1. The molecule has 0 fully saturated rings. The molecule has 3 rings (SSSR count). The van der Waals surface area contributed by atoms with Crippen molar-refractivity contribution < 1.29 is 9.52 Å². The summed E-state index contributed by atoms with van der Waals surface area (Å²) >= 11 is 6.32. The number of phenolic OH excluding ortho intramolecular Hbond substituents is 1. The standard InChI is InChI=1S/C17H11ClO3/c1-2-3-4-10-7-13-16(14(18)8-10)12-6-5-11(19)9-15(12)21-17(13)20/h5-9,19H,2H2,1H3. The number of rotatable bonds is 0. The van der Waals surface area contributed by atoms with E-state index in [1.807, 2.05) is 6.92 Å². The molecule has 1 aromatic heterocycles. The molecule has 3 nitrogen and oxygen atoms in total. The molecule has 0 saturated carbocycles. The van der Waals surface area contributed by atoms with Crippen molar-refractivity contribution in [3.05, 3.63) is 51.3 Å². The van der Waals surface area contributed by atoms with Crippen molar-refractivity contribution >= 4 is 33.3 Å².